The van der Waals surface area contributed by atoms with Gasteiger partial charge in [0.05, 0.1) is 18.5 Å². The molecular weight excluding hydrogens is 314 g/mol. The molecule has 0 aromatic heterocycles. The van der Waals surface area contributed by atoms with Gasteiger partial charge in [0.2, 0.25) is 10.0 Å². The highest BCUT2D eigenvalue weighted by molar-refractivity contribution is 7.88. The highest BCUT2D eigenvalue weighted by Gasteiger charge is 2.20. The average molecular weight is 334 g/mol. The van der Waals surface area contributed by atoms with Gasteiger partial charge in [0.25, 0.3) is 6.43 Å². The van der Waals surface area contributed by atoms with E-state index in [-0.39, 0.29) is 24.0 Å². The van der Waals surface area contributed by atoms with Crippen molar-refractivity contribution in [2.45, 2.75) is 18.3 Å². The molecule has 1 saturated heterocycles. The monoisotopic (exact) mass is 334 g/mol. The van der Waals surface area contributed by atoms with Gasteiger partial charge in [-0.25, -0.2) is 21.9 Å². The molecule has 0 spiro atoms. The second-order valence-electron chi connectivity index (χ2n) is 5.40. The van der Waals surface area contributed by atoms with Gasteiger partial charge in [0, 0.05) is 25.2 Å². The number of likely N-dealkylation sites (N-methyl/N-ethyl adjacent to an activating group) is 1. The highest BCUT2D eigenvalue weighted by Crippen LogP contribution is 2.19. The van der Waals surface area contributed by atoms with E-state index in [1.54, 1.807) is 0 Å². The zero-order valence-corrected chi connectivity index (χ0v) is 13.2. The minimum absolute atomic E-state index is 0.118. The van der Waals surface area contributed by atoms with Crippen molar-refractivity contribution in [3.8, 4) is 0 Å². The smallest absolute Gasteiger partial charge is 0.263 e. The van der Waals surface area contributed by atoms with Crippen molar-refractivity contribution in [1.29, 1.82) is 0 Å². The third-order valence-corrected chi connectivity index (χ3v) is 4.78. The summed E-state index contributed by atoms with van der Waals surface area (Å²) in [5.74, 6) is -0.237. The maximum absolute atomic E-state index is 12.4. The molecule has 5 nitrogen and oxygen atoms in total. The molecule has 124 valence electrons. The second-order valence-corrected chi connectivity index (χ2v) is 7.21. The van der Waals surface area contributed by atoms with Crippen LogP contribution in [0.1, 0.15) is 17.6 Å². The molecule has 1 N–H and O–H groups in total. The predicted octanol–water partition coefficient (Wildman–Crippen LogP) is 1.37. The largest absolute Gasteiger partial charge is 0.374 e. The lowest BCUT2D eigenvalue weighted by Crippen LogP contribution is -2.46. The summed E-state index contributed by atoms with van der Waals surface area (Å²) >= 11 is 0. The van der Waals surface area contributed by atoms with Crippen LogP contribution in [0.15, 0.2) is 24.3 Å². The third-order valence-electron chi connectivity index (χ3n) is 3.46. The number of sulfonamides is 1. The fourth-order valence-electron chi connectivity index (χ4n) is 2.24. The summed E-state index contributed by atoms with van der Waals surface area (Å²) < 4.78 is 56.9. The molecule has 1 aliphatic heterocycles. The van der Waals surface area contributed by atoms with E-state index in [2.05, 4.69) is 9.62 Å². The molecule has 0 saturated carbocycles. The van der Waals surface area contributed by atoms with Gasteiger partial charge >= 0.3 is 0 Å². The SMILES string of the molecule is CN1CCOC(CNS(=O)(=O)Cc2ccc(C(F)F)cc2)C1. The molecule has 1 heterocycles. The lowest BCUT2D eigenvalue weighted by Gasteiger charge is -2.30. The Bertz CT molecular complexity index is 578. The van der Waals surface area contributed by atoms with E-state index in [9.17, 15) is 17.2 Å². The molecule has 1 fully saturated rings. The van der Waals surface area contributed by atoms with Gasteiger partial charge in [-0.3, -0.25) is 0 Å². The molecule has 0 aliphatic carbocycles. The Balaban J connectivity index is 1.87. The maximum Gasteiger partial charge on any atom is 0.263 e. The van der Waals surface area contributed by atoms with Crippen molar-refractivity contribution in [2.24, 2.45) is 0 Å². The summed E-state index contributed by atoms with van der Waals surface area (Å²) in [6, 6.07) is 5.31. The number of halogens is 2. The van der Waals surface area contributed by atoms with Crippen molar-refractivity contribution in [2.75, 3.05) is 33.3 Å². The third kappa shape index (κ3) is 5.28. The zero-order chi connectivity index (χ0) is 16.2. The van der Waals surface area contributed by atoms with E-state index < -0.39 is 16.4 Å². The molecule has 0 bridgehead atoms. The Morgan fingerprint density at radius 1 is 1.36 bits per heavy atom. The summed E-state index contributed by atoms with van der Waals surface area (Å²) in [6.45, 7) is 2.30. The molecule has 22 heavy (non-hydrogen) atoms. The van der Waals surface area contributed by atoms with E-state index in [0.717, 1.165) is 6.54 Å². The fraction of sp³-hybridized carbons (Fsp3) is 0.571. The molecule has 2 rings (SSSR count). The predicted molar refractivity (Wildman–Crippen MR) is 79.3 cm³/mol. The Morgan fingerprint density at radius 3 is 2.64 bits per heavy atom. The number of morpholine rings is 1. The molecular formula is C14H20F2N2O3S. The van der Waals surface area contributed by atoms with Gasteiger partial charge in [-0.1, -0.05) is 24.3 Å². The lowest BCUT2D eigenvalue weighted by atomic mass is 10.2. The summed E-state index contributed by atoms with van der Waals surface area (Å²) in [6.07, 6.45) is -2.72. The van der Waals surface area contributed by atoms with Crippen LogP contribution < -0.4 is 4.72 Å². The number of alkyl halides is 2. The summed E-state index contributed by atoms with van der Waals surface area (Å²) in [5, 5.41) is 0. The van der Waals surface area contributed by atoms with Crippen LogP contribution in [0.2, 0.25) is 0 Å². The van der Waals surface area contributed by atoms with Crippen molar-refractivity contribution >= 4 is 10.0 Å². The molecule has 8 heteroatoms. The first-order valence-electron chi connectivity index (χ1n) is 7.00. The van der Waals surface area contributed by atoms with Crippen molar-refractivity contribution in [3.05, 3.63) is 35.4 Å². The number of nitrogens with zero attached hydrogens (tertiary/aromatic N) is 1. The van der Waals surface area contributed by atoms with Crippen LogP contribution in [-0.2, 0) is 20.5 Å². The zero-order valence-electron chi connectivity index (χ0n) is 12.3. The van der Waals surface area contributed by atoms with E-state index >= 15 is 0 Å². The van der Waals surface area contributed by atoms with Crippen LogP contribution in [0.3, 0.4) is 0 Å². The van der Waals surface area contributed by atoms with Gasteiger partial charge in [-0.15, -0.1) is 0 Å². The van der Waals surface area contributed by atoms with Crippen LogP contribution in [0.4, 0.5) is 8.78 Å². The minimum atomic E-state index is -3.52. The topological polar surface area (TPSA) is 58.6 Å². The Morgan fingerprint density at radius 2 is 2.05 bits per heavy atom. The lowest BCUT2D eigenvalue weighted by molar-refractivity contribution is -0.0156. The molecule has 1 aromatic rings. The Labute approximate surface area is 129 Å². The normalized spacial score (nSPS) is 20.5. The van der Waals surface area contributed by atoms with Gasteiger partial charge in [-0.05, 0) is 12.6 Å². The first-order chi connectivity index (χ1) is 10.4. The number of ether oxygens (including phenoxy) is 1. The minimum Gasteiger partial charge on any atom is -0.374 e. The van der Waals surface area contributed by atoms with Crippen molar-refractivity contribution in [3.63, 3.8) is 0 Å². The molecule has 1 aliphatic rings. The van der Waals surface area contributed by atoms with Gasteiger partial charge in [0.15, 0.2) is 0 Å². The van der Waals surface area contributed by atoms with Crippen LogP contribution in [-0.4, -0.2) is 52.7 Å². The van der Waals surface area contributed by atoms with Gasteiger partial charge < -0.3 is 9.64 Å². The molecule has 0 amide bonds. The van der Waals surface area contributed by atoms with E-state index in [1.165, 1.54) is 24.3 Å². The summed E-state index contributed by atoms with van der Waals surface area (Å²) in [7, 11) is -1.57. The number of rotatable bonds is 6. The van der Waals surface area contributed by atoms with Crippen LogP contribution in [0, 0.1) is 0 Å². The van der Waals surface area contributed by atoms with E-state index in [1.807, 2.05) is 7.05 Å². The average Bonchev–Trinajstić information content (AvgIpc) is 2.45. The Kier molecular flexibility index (Phi) is 5.85. The fourth-order valence-corrected chi connectivity index (χ4v) is 3.41. The number of benzene rings is 1. The van der Waals surface area contributed by atoms with Gasteiger partial charge in [0.1, 0.15) is 0 Å². The summed E-state index contributed by atoms with van der Waals surface area (Å²) in [5.41, 5.74) is 0.353. The number of hydrogen-bond acceptors (Lipinski definition) is 4. The first-order valence-corrected chi connectivity index (χ1v) is 8.65. The number of hydrogen-bond donors (Lipinski definition) is 1. The van der Waals surface area contributed by atoms with Crippen LogP contribution >= 0.6 is 0 Å². The van der Waals surface area contributed by atoms with Crippen LogP contribution in [0.5, 0.6) is 0 Å². The standard InChI is InChI=1S/C14H20F2N2O3S/c1-18-6-7-21-13(9-18)8-17-22(19,20)10-11-2-4-12(5-3-11)14(15)16/h2-5,13-14,17H,6-10H2,1H3. The quantitative estimate of drug-likeness (QED) is 0.854. The van der Waals surface area contributed by atoms with Crippen LogP contribution in [0.25, 0.3) is 0 Å². The van der Waals surface area contributed by atoms with Crippen molar-refractivity contribution in [1.82, 2.24) is 9.62 Å². The molecule has 1 unspecified atom stereocenters. The molecule has 1 atom stereocenters. The maximum atomic E-state index is 12.4. The van der Waals surface area contributed by atoms with Crippen molar-refractivity contribution < 1.29 is 21.9 Å². The van der Waals surface area contributed by atoms with E-state index in [0.29, 0.717) is 18.7 Å². The van der Waals surface area contributed by atoms with E-state index in [4.69, 9.17) is 4.74 Å². The second kappa shape index (κ2) is 7.45. The first kappa shape index (κ1) is 17.3. The van der Waals surface area contributed by atoms with Gasteiger partial charge in [-0.2, -0.15) is 0 Å². The highest BCUT2D eigenvalue weighted by atomic mass is 32.2. The Hall–Kier alpha value is -1.09. The molecule has 1 aromatic carbocycles. The number of nitrogens with one attached hydrogen (secondary N) is 1. The summed E-state index contributed by atoms with van der Waals surface area (Å²) in [4.78, 5) is 2.07. The molecule has 0 radical (unpaired) electrons.